The van der Waals surface area contributed by atoms with Gasteiger partial charge >= 0.3 is 0 Å². The third-order valence-corrected chi connectivity index (χ3v) is 5.65. The topological polar surface area (TPSA) is 50.8 Å². The lowest BCUT2D eigenvalue weighted by Gasteiger charge is -2.40. The molecule has 0 fully saturated rings. The van der Waals surface area contributed by atoms with Gasteiger partial charge in [-0.05, 0) is 60.3 Å². The third kappa shape index (κ3) is 3.06. The number of anilines is 1. The van der Waals surface area contributed by atoms with Crippen LogP contribution < -0.4 is 14.8 Å². The summed E-state index contributed by atoms with van der Waals surface area (Å²) in [6.07, 6.45) is 3.67. The van der Waals surface area contributed by atoms with Crippen molar-refractivity contribution in [3.8, 4) is 22.6 Å². The average molecular weight is 378 g/mol. The third-order valence-electron chi connectivity index (χ3n) is 5.65. The van der Waals surface area contributed by atoms with E-state index in [9.17, 15) is 4.79 Å². The fourth-order valence-corrected chi connectivity index (χ4v) is 4.41. The van der Waals surface area contributed by atoms with Gasteiger partial charge in [0.2, 0.25) is 5.91 Å². The zero-order chi connectivity index (χ0) is 19.8. The molecule has 28 heavy (non-hydrogen) atoms. The summed E-state index contributed by atoms with van der Waals surface area (Å²) in [5.74, 6) is 1.42. The number of nitrogens with one attached hydrogen (secondary N) is 1. The van der Waals surface area contributed by atoms with E-state index in [0.29, 0.717) is 12.6 Å². The van der Waals surface area contributed by atoms with E-state index in [1.54, 1.807) is 13.2 Å². The Labute approximate surface area is 165 Å². The Morgan fingerprint density at radius 3 is 2.89 bits per heavy atom. The van der Waals surface area contributed by atoms with E-state index in [1.807, 2.05) is 6.07 Å². The summed E-state index contributed by atoms with van der Waals surface area (Å²) in [7, 11) is 3.86. The number of fused-ring (bicyclic) bond motifs is 2. The van der Waals surface area contributed by atoms with Crippen molar-refractivity contribution >= 4 is 11.6 Å². The van der Waals surface area contributed by atoms with Crippen LogP contribution >= 0.6 is 0 Å². The summed E-state index contributed by atoms with van der Waals surface area (Å²) in [4.78, 5) is 14.0. The summed E-state index contributed by atoms with van der Waals surface area (Å²) >= 11 is 0. The van der Waals surface area contributed by atoms with Crippen LogP contribution in [0.4, 0.5) is 5.69 Å². The van der Waals surface area contributed by atoms with Gasteiger partial charge in [-0.3, -0.25) is 9.69 Å². The molecule has 2 aliphatic rings. The molecule has 2 aromatic rings. The van der Waals surface area contributed by atoms with Gasteiger partial charge in [-0.2, -0.15) is 0 Å². The second-order valence-electron chi connectivity index (χ2n) is 7.46. The van der Waals surface area contributed by atoms with Gasteiger partial charge in [0.15, 0.2) is 11.5 Å². The molecule has 0 radical (unpaired) electrons. The molecular formula is C23H26N2O3. The number of carbonyl (C=O) groups excluding carboxylic acids is 1. The predicted octanol–water partition coefficient (Wildman–Crippen LogP) is 3.97. The van der Waals surface area contributed by atoms with Gasteiger partial charge < -0.3 is 14.8 Å². The molecule has 1 aliphatic heterocycles. The maximum absolute atomic E-state index is 11.6. The summed E-state index contributed by atoms with van der Waals surface area (Å²) in [5.41, 5.74) is 6.87. The largest absolute Gasteiger partial charge is 0.493 e. The Morgan fingerprint density at radius 1 is 1.36 bits per heavy atom. The molecule has 0 saturated carbocycles. The van der Waals surface area contributed by atoms with Gasteiger partial charge in [-0.1, -0.05) is 18.7 Å². The maximum Gasteiger partial charge on any atom is 0.221 e. The lowest BCUT2D eigenvalue weighted by atomic mass is 9.76. The Balaban J connectivity index is 1.99. The summed E-state index contributed by atoms with van der Waals surface area (Å²) in [5, 5.41) is 2.90. The molecule has 5 heteroatoms. The first kappa shape index (κ1) is 18.6. The van der Waals surface area contributed by atoms with E-state index in [1.165, 1.54) is 23.6 Å². The fraction of sp³-hybridized carbons (Fsp3) is 0.348. The maximum atomic E-state index is 11.6. The van der Waals surface area contributed by atoms with Crippen molar-refractivity contribution in [1.82, 2.24) is 4.90 Å². The number of carbonyl (C=O) groups is 1. The van der Waals surface area contributed by atoms with Crippen molar-refractivity contribution in [1.29, 1.82) is 0 Å². The second-order valence-corrected chi connectivity index (χ2v) is 7.46. The van der Waals surface area contributed by atoms with E-state index in [0.717, 1.165) is 47.7 Å². The highest BCUT2D eigenvalue weighted by molar-refractivity contribution is 5.91. The fourth-order valence-electron chi connectivity index (χ4n) is 4.41. The monoisotopic (exact) mass is 378 g/mol. The van der Waals surface area contributed by atoms with Crippen molar-refractivity contribution in [2.75, 3.05) is 32.6 Å². The Hall–Kier alpha value is -2.79. The molecule has 1 amide bonds. The minimum absolute atomic E-state index is 0.0795. The zero-order valence-corrected chi connectivity index (χ0v) is 16.7. The van der Waals surface area contributed by atoms with Crippen molar-refractivity contribution in [3.63, 3.8) is 0 Å². The number of hydrogen-bond acceptors (Lipinski definition) is 4. The molecule has 0 spiro atoms. The highest BCUT2D eigenvalue weighted by atomic mass is 16.5. The zero-order valence-electron chi connectivity index (χ0n) is 16.7. The first-order valence-electron chi connectivity index (χ1n) is 9.62. The Morgan fingerprint density at radius 2 is 2.18 bits per heavy atom. The Kier molecular flexibility index (Phi) is 4.85. The molecule has 1 heterocycles. The molecule has 0 aromatic heterocycles. The number of amides is 1. The van der Waals surface area contributed by atoms with Crippen molar-refractivity contribution in [2.24, 2.45) is 0 Å². The van der Waals surface area contributed by atoms with Gasteiger partial charge in [0.05, 0.1) is 7.11 Å². The molecule has 1 N–H and O–H groups in total. The first-order valence-corrected chi connectivity index (χ1v) is 9.62. The van der Waals surface area contributed by atoms with Gasteiger partial charge in [0.1, 0.15) is 6.61 Å². The predicted molar refractivity (Wildman–Crippen MR) is 111 cm³/mol. The first-order chi connectivity index (χ1) is 13.5. The van der Waals surface area contributed by atoms with Crippen LogP contribution in [0, 0.1) is 0 Å². The normalized spacial score (nSPS) is 17.3. The molecule has 0 saturated heterocycles. The van der Waals surface area contributed by atoms with Crippen LogP contribution in [-0.2, 0) is 17.6 Å². The number of methoxy groups -OCH3 is 1. The average Bonchev–Trinajstić information content (AvgIpc) is 2.68. The summed E-state index contributed by atoms with van der Waals surface area (Å²) < 4.78 is 11.8. The smallest absolute Gasteiger partial charge is 0.221 e. The van der Waals surface area contributed by atoms with Crippen LogP contribution in [0.3, 0.4) is 0 Å². The molecule has 0 bridgehead atoms. The number of hydrogen-bond donors (Lipinski definition) is 1. The van der Waals surface area contributed by atoms with Crippen LogP contribution in [0.5, 0.6) is 11.5 Å². The minimum Gasteiger partial charge on any atom is -0.493 e. The van der Waals surface area contributed by atoms with Gasteiger partial charge in [0.25, 0.3) is 0 Å². The van der Waals surface area contributed by atoms with Crippen LogP contribution in [0.2, 0.25) is 0 Å². The number of likely N-dealkylation sites (N-methyl/N-ethyl adjacent to an activating group) is 1. The summed E-state index contributed by atoms with van der Waals surface area (Å²) in [6, 6.07) is 8.58. The van der Waals surface area contributed by atoms with Gasteiger partial charge in [-0.15, -0.1) is 0 Å². The quantitative estimate of drug-likeness (QED) is 0.800. The number of nitrogens with zero attached hydrogens (tertiary/aromatic N) is 1. The molecule has 1 unspecified atom stereocenters. The number of benzene rings is 2. The van der Waals surface area contributed by atoms with Crippen molar-refractivity contribution in [3.05, 3.63) is 53.6 Å². The van der Waals surface area contributed by atoms with E-state index in [-0.39, 0.29) is 5.91 Å². The molecule has 2 aromatic carbocycles. The summed E-state index contributed by atoms with van der Waals surface area (Å²) in [6.45, 7) is 6.74. The van der Waals surface area contributed by atoms with Crippen LogP contribution in [0.15, 0.2) is 36.9 Å². The Bertz CT molecular complexity index is 951. The minimum atomic E-state index is -0.0795. The molecule has 5 nitrogen and oxygen atoms in total. The van der Waals surface area contributed by atoms with Crippen LogP contribution in [0.25, 0.3) is 11.1 Å². The van der Waals surface area contributed by atoms with Crippen molar-refractivity contribution in [2.45, 2.75) is 25.8 Å². The molecule has 1 aliphatic carbocycles. The lowest BCUT2D eigenvalue weighted by Crippen LogP contribution is -2.35. The standard InChI is InChI=1S/C23H26N2O3/c1-5-10-28-23-20(27-4)12-16-8-9-25(3)19-11-15-6-7-17(24-14(2)26)13-18(15)22(23)21(16)19/h5-7,12-13,19H,1,8-11H2,2-4H3,(H,24,26). The van der Waals surface area contributed by atoms with Crippen molar-refractivity contribution < 1.29 is 14.3 Å². The SMILES string of the molecule is C=CCOc1c(OC)cc2c3c1-c1cc(NC(C)=O)ccc1CC3N(C)CC2. The lowest BCUT2D eigenvalue weighted by molar-refractivity contribution is -0.114. The highest BCUT2D eigenvalue weighted by Gasteiger charge is 2.36. The van der Waals surface area contributed by atoms with E-state index >= 15 is 0 Å². The number of rotatable bonds is 5. The van der Waals surface area contributed by atoms with E-state index < -0.39 is 0 Å². The van der Waals surface area contributed by atoms with E-state index in [4.69, 9.17) is 9.47 Å². The van der Waals surface area contributed by atoms with Gasteiger partial charge in [0, 0.05) is 30.8 Å². The number of ether oxygens (including phenoxy) is 2. The molecule has 1 atom stereocenters. The highest BCUT2D eigenvalue weighted by Crippen LogP contribution is 2.52. The van der Waals surface area contributed by atoms with Crippen LogP contribution in [-0.4, -0.2) is 38.1 Å². The second kappa shape index (κ2) is 7.32. The molecular weight excluding hydrogens is 352 g/mol. The van der Waals surface area contributed by atoms with E-state index in [2.05, 4.69) is 42.0 Å². The van der Waals surface area contributed by atoms with Gasteiger partial charge in [-0.25, -0.2) is 0 Å². The molecule has 146 valence electrons. The van der Waals surface area contributed by atoms with Crippen LogP contribution in [0.1, 0.15) is 29.7 Å². The molecule has 4 rings (SSSR count).